The van der Waals surface area contributed by atoms with Gasteiger partial charge in [0.1, 0.15) is 23.3 Å². The number of benzene rings is 2. The van der Waals surface area contributed by atoms with Crippen LogP contribution in [0.3, 0.4) is 0 Å². The standard InChI is InChI=1S/C41H42O11/c1-38(2)31(30(37(47)48-5)51-35(45)23-12-8-6-9-13-23)40(4)27-16-18-39(3)28(20-29(42)50-34(39)25-17-19-49-22-25)41(27,21-26(32(38)43)33(40)44)52-36(46)24-14-10-7-11-15-24/h6-15,17,19,22,26-28,30-31,34H,16,18,20-21H2,1-5H3/t26-,27+,28+,30-,31-,34-,39+,40+,41+/m0/s1. The van der Waals surface area contributed by atoms with E-state index >= 15 is 0 Å². The third-order valence-electron chi connectivity index (χ3n) is 12.8. The maximum Gasteiger partial charge on any atom is 0.347 e. The summed E-state index contributed by atoms with van der Waals surface area (Å²) in [5, 5.41) is 0. The molecule has 9 atom stereocenters. The van der Waals surface area contributed by atoms with E-state index in [2.05, 4.69) is 0 Å². The van der Waals surface area contributed by atoms with Crippen molar-refractivity contribution in [2.45, 2.75) is 71.2 Å². The maximum atomic E-state index is 15.0. The zero-order valence-corrected chi connectivity index (χ0v) is 29.8. The van der Waals surface area contributed by atoms with Gasteiger partial charge in [0.15, 0.2) is 0 Å². The second-order valence-corrected chi connectivity index (χ2v) is 15.7. The number of methoxy groups -OCH3 is 1. The van der Waals surface area contributed by atoms with E-state index < -0.39 is 93.2 Å². The van der Waals surface area contributed by atoms with Crippen LogP contribution in [0.2, 0.25) is 0 Å². The zero-order chi connectivity index (χ0) is 37.2. The van der Waals surface area contributed by atoms with E-state index in [1.807, 2.05) is 6.92 Å². The van der Waals surface area contributed by atoms with Crippen molar-refractivity contribution in [2.75, 3.05) is 7.11 Å². The molecule has 4 aliphatic rings. The minimum absolute atomic E-state index is 0.147. The van der Waals surface area contributed by atoms with Crippen molar-refractivity contribution in [1.82, 2.24) is 0 Å². The number of hydrogen-bond acceptors (Lipinski definition) is 11. The molecule has 11 nitrogen and oxygen atoms in total. The molecule has 1 aromatic heterocycles. The van der Waals surface area contributed by atoms with Gasteiger partial charge in [0, 0.05) is 46.0 Å². The Morgan fingerprint density at radius 1 is 0.827 bits per heavy atom. The zero-order valence-electron chi connectivity index (χ0n) is 29.8. The van der Waals surface area contributed by atoms with Gasteiger partial charge in [-0.3, -0.25) is 14.4 Å². The van der Waals surface area contributed by atoms with E-state index in [1.54, 1.807) is 75.4 Å². The number of cyclic esters (lactones) is 1. The summed E-state index contributed by atoms with van der Waals surface area (Å²) in [6, 6.07) is 18.2. The lowest BCUT2D eigenvalue weighted by Crippen LogP contribution is -2.76. The highest BCUT2D eigenvalue weighted by molar-refractivity contribution is 6.11. The fraction of sp³-hybridized carbons (Fsp3) is 0.463. The van der Waals surface area contributed by atoms with Crippen molar-refractivity contribution >= 4 is 35.4 Å². The van der Waals surface area contributed by atoms with E-state index in [0.29, 0.717) is 12.0 Å². The molecule has 0 spiro atoms. The van der Waals surface area contributed by atoms with Crippen LogP contribution in [0.15, 0.2) is 83.7 Å². The van der Waals surface area contributed by atoms with Gasteiger partial charge in [0.05, 0.1) is 43.1 Å². The minimum atomic E-state index is -1.68. The maximum absolute atomic E-state index is 15.0. The van der Waals surface area contributed by atoms with Gasteiger partial charge in [-0.05, 0) is 43.2 Å². The van der Waals surface area contributed by atoms with Crippen LogP contribution in [0.25, 0.3) is 0 Å². The summed E-state index contributed by atoms with van der Waals surface area (Å²) in [7, 11) is 1.15. The van der Waals surface area contributed by atoms with Crippen LogP contribution in [0.1, 0.15) is 85.8 Å². The fourth-order valence-electron chi connectivity index (χ4n) is 10.5. The average molecular weight is 711 g/mol. The highest BCUT2D eigenvalue weighted by atomic mass is 16.6. The number of rotatable bonds is 7. The van der Waals surface area contributed by atoms with Gasteiger partial charge >= 0.3 is 23.9 Å². The second kappa shape index (κ2) is 12.6. The first-order valence-corrected chi connectivity index (χ1v) is 17.6. The molecule has 0 N–H and O–H groups in total. The smallest absolute Gasteiger partial charge is 0.347 e. The number of fused-ring (bicyclic) bond motifs is 6. The van der Waals surface area contributed by atoms with Crippen LogP contribution in [0.4, 0.5) is 0 Å². The molecule has 272 valence electrons. The van der Waals surface area contributed by atoms with E-state index in [4.69, 9.17) is 23.4 Å². The number of Topliss-reactive ketones (excluding diaryl/α,β-unsaturated/α-hetero) is 2. The van der Waals surface area contributed by atoms with E-state index in [0.717, 1.165) is 7.11 Å². The van der Waals surface area contributed by atoms with Crippen LogP contribution in [-0.4, -0.2) is 54.3 Å². The van der Waals surface area contributed by atoms with Crippen LogP contribution < -0.4 is 0 Å². The lowest BCUT2D eigenvalue weighted by molar-refractivity contribution is -0.265. The van der Waals surface area contributed by atoms with Crippen molar-refractivity contribution in [3.8, 4) is 0 Å². The third kappa shape index (κ3) is 5.14. The Kier molecular flexibility index (Phi) is 8.54. The van der Waals surface area contributed by atoms with Crippen molar-refractivity contribution < 1.29 is 52.1 Å². The molecule has 0 amide bonds. The highest BCUT2D eigenvalue weighted by Gasteiger charge is 2.78. The Morgan fingerprint density at radius 2 is 1.46 bits per heavy atom. The molecule has 3 aromatic rings. The van der Waals surface area contributed by atoms with Gasteiger partial charge in [0.2, 0.25) is 6.10 Å². The molecule has 2 aromatic carbocycles. The van der Waals surface area contributed by atoms with Gasteiger partial charge in [-0.1, -0.05) is 64.1 Å². The van der Waals surface area contributed by atoms with Crippen LogP contribution in [-0.2, 0) is 38.1 Å². The van der Waals surface area contributed by atoms with E-state index in [1.165, 1.54) is 24.7 Å². The van der Waals surface area contributed by atoms with E-state index in [9.17, 15) is 28.8 Å². The first-order chi connectivity index (χ1) is 24.7. The lowest BCUT2D eigenvalue weighted by Gasteiger charge is -2.68. The number of ketones is 2. The molecule has 4 fully saturated rings. The Labute approximate surface area is 301 Å². The number of carbonyl (C=O) groups excluding carboxylic acids is 6. The number of hydrogen-bond donors (Lipinski definition) is 0. The molecule has 7 rings (SSSR count). The van der Waals surface area contributed by atoms with Gasteiger partial charge in [0.25, 0.3) is 0 Å². The summed E-state index contributed by atoms with van der Waals surface area (Å²) in [6.45, 7) is 6.99. The van der Waals surface area contributed by atoms with Gasteiger partial charge in [-0.25, -0.2) is 14.4 Å². The molecular formula is C41H42O11. The predicted octanol–water partition coefficient (Wildman–Crippen LogP) is 6.11. The van der Waals surface area contributed by atoms with Crippen molar-refractivity contribution in [3.05, 3.63) is 95.9 Å². The molecule has 0 radical (unpaired) electrons. The van der Waals surface area contributed by atoms with E-state index in [-0.39, 0.29) is 30.4 Å². The normalized spacial score (nSPS) is 33.8. The molecule has 3 aliphatic carbocycles. The largest absolute Gasteiger partial charge is 0.472 e. The Balaban J connectivity index is 1.43. The summed E-state index contributed by atoms with van der Waals surface area (Å²) < 4.78 is 29.3. The summed E-state index contributed by atoms with van der Waals surface area (Å²) >= 11 is 0. The average Bonchev–Trinajstić information content (AvgIpc) is 3.67. The van der Waals surface area contributed by atoms with Gasteiger partial charge in [-0.15, -0.1) is 0 Å². The first kappa shape index (κ1) is 35.3. The van der Waals surface area contributed by atoms with Gasteiger partial charge < -0.3 is 23.4 Å². The minimum Gasteiger partial charge on any atom is -0.472 e. The van der Waals surface area contributed by atoms with Crippen molar-refractivity contribution in [1.29, 1.82) is 0 Å². The van der Waals surface area contributed by atoms with Crippen molar-refractivity contribution in [3.63, 3.8) is 0 Å². The fourth-order valence-corrected chi connectivity index (χ4v) is 10.5. The predicted molar refractivity (Wildman–Crippen MR) is 182 cm³/mol. The number of furan rings is 1. The summed E-state index contributed by atoms with van der Waals surface area (Å²) in [5.74, 6) is -7.87. The summed E-state index contributed by atoms with van der Waals surface area (Å²) in [6.07, 6.45) is 0.972. The third-order valence-corrected chi connectivity index (χ3v) is 12.8. The lowest BCUT2D eigenvalue weighted by atomic mass is 9.36. The number of ether oxygens (including phenoxy) is 4. The monoisotopic (exact) mass is 710 g/mol. The second-order valence-electron chi connectivity index (χ2n) is 15.7. The molecule has 52 heavy (non-hydrogen) atoms. The first-order valence-electron chi connectivity index (χ1n) is 17.6. The molecule has 2 bridgehead atoms. The summed E-state index contributed by atoms with van der Waals surface area (Å²) in [4.78, 5) is 85.0. The van der Waals surface area contributed by atoms with Gasteiger partial charge in [-0.2, -0.15) is 0 Å². The molecule has 2 heterocycles. The SMILES string of the molecule is COC(=O)[C@@H](OC(=O)c1ccccc1)[C@H]1C(C)(C)C(=O)[C@@H]2C[C@]3(OC(=O)c4ccccc4)[C@@H]4CC(=O)O[C@@H](c5ccoc5)[C@]4(C)CC[C@@H]3[C@@]1(C)C2=O. The Hall–Kier alpha value is -5.06. The molecular weight excluding hydrogens is 668 g/mol. The molecule has 11 heteroatoms. The molecule has 3 saturated carbocycles. The van der Waals surface area contributed by atoms with Crippen molar-refractivity contribution in [2.24, 2.45) is 39.9 Å². The highest BCUT2D eigenvalue weighted by Crippen LogP contribution is 2.71. The van der Waals surface area contributed by atoms with Crippen LogP contribution in [0.5, 0.6) is 0 Å². The van der Waals surface area contributed by atoms with Crippen LogP contribution >= 0.6 is 0 Å². The van der Waals surface area contributed by atoms with Crippen LogP contribution in [0, 0.1) is 39.9 Å². The number of esters is 4. The molecule has 0 unspecified atom stereocenters. The number of carbonyl (C=O) groups is 6. The molecule has 1 aliphatic heterocycles. The summed E-state index contributed by atoms with van der Waals surface area (Å²) in [5.41, 5.74) is -4.30. The topological polar surface area (TPSA) is 152 Å². The quantitative estimate of drug-likeness (QED) is 0.159. The molecule has 1 saturated heterocycles. The Morgan fingerprint density at radius 3 is 2.06 bits per heavy atom. The Bertz CT molecular complexity index is 1920.